The molecule has 0 unspecified atom stereocenters. The number of methoxy groups -OCH3 is 1. The number of ether oxygens (including phenoxy) is 2. The minimum atomic E-state index is -1.03. The lowest BCUT2D eigenvalue weighted by atomic mass is 10.2. The number of hydrogen-bond acceptors (Lipinski definition) is 4. The van der Waals surface area contributed by atoms with Gasteiger partial charge in [-0.3, -0.25) is 0 Å². The summed E-state index contributed by atoms with van der Waals surface area (Å²) in [4.78, 5) is 14.4. The highest BCUT2D eigenvalue weighted by atomic mass is 16.5. The summed E-state index contributed by atoms with van der Waals surface area (Å²) in [7, 11) is 1.64. The maximum Gasteiger partial charge on any atom is 0.354 e. The lowest BCUT2D eigenvalue weighted by Crippen LogP contribution is -2.03. The number of carbonyl (C=O) groups is 1. The van der Waals surface area contributed by atoms with Crippen LogP contribution >= 0.6 is 0 Å². The molecule has 0 aromatic carbocycles. The van der Waals surface area contributed by atoms with Crippen LogP contribution in [0, 0.1) is 0 Å². The second kappa shape index (κ2) is 6.92. The van der Waals surface area contributed by atoms with Gasteiger partial charge in [-0.25, -0.2) is 9.78 Å². The fourth-order valence-corrected chi connectivity index (χ4v) is 1.18. The van der Waals surface area contributed by atoms with Crippen LogP contribution in [0.5, 0.6) is 0 Å². The molecular formula is C11H15NO4. The van der Waals surface area contributed by atoms with Crippen molar-refractivity contribution in [3.8, 4) is 0 Å². The molecule has 0 spiro atoms. The van der Waals surface area contributed by atoms with Gasteiger partial charge in [0.05, 0.1) is 6.61 Å². The zero-order valence-corrected chi connectivity index (χ0v) is 9.18. The third kappa shape index (κ3) is 4.37. The van der Waals surface area contributed by atoms with Gasteiger partial charge >= 0.3 is 5.97 Å². The Hall–Kier alpha value is -1.46. The predicted octanol–water partition coefficient (Wildman–Crippen LogP) is 1.33. The maximum atomic E-state index is 10.6. The molecule has 0 bridgehead atoms. The molecule has 88 valence electrons. The van der Waals surface area contributed by atoms with E-state index in [4.69, 9.17) is 14.6 Å². The Morgan fingerprint density at radius 3 is 3.00 bits per heavy atom. The van der Waals surface area contributed by atoms with Crippen LogP contribution in [0.15, 0.2) is 18.3 Å². The number of aromatic nitrogens is 1. The number of carboxylic acid groups (broad SMARTS) is 1. The molecular weight excluding hydrogens is 210 g/mol. The Labute approximate surface area is 94.0 Å². The third-order valence-corrected chi connectivity index (χ3v) is 1.95. The normalized spacial score (nSPS) is 10.3. The Bertz CT molecular complexity index is 341. The number of rotatable bonds is 7. The van der Waals surface area contributed by atoms with E-state index in [1.54, 1.807) is 13.2 Å². The molecule has 0 fully saturated rings. The van der Waals surface area contributed by atoms with Gasteiger partial charge in [0.2, 0.25) is 0 Å². The van der Waals surface area contributed by atoms with Crippen molar-refractivity contribution in [2.24, 2.45) is 0 Å². The molecule has 0 saturated heterocycles. The van der Waals surface area contributed by atoms with E-state index in [1.165, 1.54) is 12.3 Å². The van der Waals surface area contributed by atoms with E-state index in [9.17, 15) is 4.79 Å². The second-order valence-corrected chi connectivity index (χ2v) is 3.25. The van der Waals surface area contributed by atoms with Gasteiger partial charge in [-0.1, -0.05) is 0 Å². The highest BCUT2D eigenvalue weighted by Gasteiger charge is 2.04. The first kappa shape index (κ1) is 12.6. The van der Waals surface area contributed by atoms with Crippen molar-refractivity contribution in [2.45, 2.75) is 13.0 Å². The molecule has 1 N–H and O–H groups in total. The van der Waals surface area contributed by atoms with E-state index in [0.29, 0.717) is 19.8 Å². The summed E-state index contributed by atoms with van der Waals surface area (Å²) in [5.41, 5.74) is 0.850. The molecule has 5 nitrogen and oxygen atoms in total. The third-order valence-electron chi connectivity index (χ3n) is 1.95. The summed E-state index contributed by atoms with van der Waals surface area (Å²) in [5.74, 6) is -1.03. The van der Waals surface area contributed by atoms with E-state index in [0.717, 1.165) is 12.0 Å². The average molecular weight is 225 g/mol. The van der Waals surface area contributed by atoms with Crippen molar-refractivity contribution in [2.75, 3.05) is 20.3 Å². The average Bonchev–Trinajstić information content (AvgIpc) is 2.29. The summed E-state index contributed by atoms with van der Waals surface area (Å²) < 4.78 is 10.2. The number of aromatic carboxylic acids is 1. The molecule has 0 aliphatic heterocycles. The molecule has 16 heavy (non-hydrogen) atoms. The summed E-state index contributed by atoms with van der Waals surface area (Å²) in [6.07, 6.45) is 2.30. The summed E-state index contributed by atoms with van der Waals surface area (Å²) >= 11 is 0. The monoisotopic (exact) mass is 225 g/mol. The Kier molecular flexibility index (Phi) is 5.45. The molecule has 1 heterocycles. The summed E-state index contributed by atoms with van der Waals surface area (Å²) in [5, 5.41) is 8.73. The summed E-state index contributed by atoms with van der Waals surface area (Å²) in [6, 6.07) is 3.25. The van der Waals surface area contributed by atoms with Gasteiger partial charge in [-0.15, -0.1) is 0 Å². The van der Waals surface area contributed by atoms with Crippen LogP contribution in [-0.2, 0) is 16.1 Å². The van der Waals surface area contributed by atoms with Crippen molar-refractivity contribution >= 4 is 5.97 Å². The minimum Gasteiger partial charge on any atom is -0.477 e. The van der Waals surface area contributed by atoms with Crippen molar-refractivity contribution < 1.29 is 19.4 Å². The second-order valence-electron chi connectivity index (χ2n) is 3.25. The SMILES string of the molecule is COCCCOCc1ccnc(C(=O)O)c1. The zero-order valence-electron chi connectivity index (χ0n) is 9.18. The molecule has 1 aromatic heterocycles. The van der Waals surface area contributed by atoms with Crippen LogP contribution < -0.4 is 0 Å². The van der Waals surface area contributed by atoms with Crippen LogP contribution in [0.1, 0.15) is 22.5 Å². The van der Waals surface area contributed by atoms with E-state index < -0.39 is 5.97 Å². The van der Waals surface area contributed by atoms with Gasteiger partial charge < -0.3 is 14.6 Å². The first-order valence-corrected chi connectivity index (χ1v) is 4.99. The van der Waals surface area contributed by atoms with Crippen LogP contribution in [0.4, 0.5) is 0 Å². The molecule has 0 atom stereocenters. The Morgan fingerprint density at radius 2 is 2.31 bits per heavy atom. The van der Waals surface area contributed by atoms with Crippen LogP contribution in [0.2, 0.25) is 0 Å². The molecule has 0 amide bonds. The number of carboxylic acids is 1. The van der Waals surface area contributed by atoms with Crippen molar-refractivity contribution in [3.63, 3.8) is 0 Å². The quantitative estimate of drug-likeness (QED) is 0.709. The van der Waals surface area contributed by atoms with E-state index in [-0.39, 0.29) is 5.69 Å². The van der Waals surface area contributed by atoms with E-state index in [2.05, 4.69) is 4.98 Å². The van der Waals surface area contributed by atoms with E-state index >= 15 is 0 Å². The van der Waals surface area contributed by atoms with Gasteiger partial charge in [-0.05, 0) is 24.1 Å². The molecule has 0 radical (unpaired) electrons. The van der Waals surface area contributed by atoms with Gasteiger partial charge in [0.15, 0.2) is 0 Å². The van der Waals surface area contributed by atoms with Gasteiger partial charge in [0.1, 0.15) is 5.69 Å². The Balaban J connectivity index is 2.36. The zero-order chi connectivity index (χ0) is 11.8. The first-order chi connectivity index (χ1) is 7.74. The standard InChI is InChI=1S/C11H15NO4/c1-15-5-2-6-16-8-9-3-4-12-10(7-9)11(13)14/h3-4,7H,2,5-6,8H2,1H3,(H,13,14). The van der Waals surface area contributed by atoms with Crippen molar-refractivity contribution in [1.82, 2.24) is 4.98 Å². The van der Waals surface area contributed by atoms with Gasteiger partial charge in [-0.2, -0.15) is 0 Å². The minimum absolute atomic E-state index is 0.0398. The molecule has 0 aliphatic carbocycles. The van der Waals surface area contributed by atoms with Crippen molar-refractivity contribution in [3.05, 3.63) is 29.6 Å². The molecule has 5 heteroatoms. The lowest BCUT2D eigenvalue weighted by Gasteiger charge is -2.04. The largest absolute Gasteiger partial charge is 0.477 e. The van der Waals surface area contributed by atoms with Crippen LogP contribution in [0.3, 0.4) is 0 Å². The smallest absolute Gasteiger partial charge is 0.354 e. The number of hydrogen-bond donors (Lipinski definition) is 1. The number of nitrogens with zero attached hydrogens (tertiary/aromatic N) is 1. The maximum absolute atomic E-state index is 10.6. The van der Waals surface area contributed by atoms with Crippen LogP contribution in [-0.4, -0.2) is 36.4 Å². The van der Waals surface area contributed by atoms with Gasteiger partial charge in [0.25, 0.3) is 0 Å². The van der Waals surface area contributed by atoms with Crippen LogP contribution in [0.25, 0.3) is 0 Å². The van der Waals surface area contributed by atoms with E-state index in [1.807, 2.05) is 0 Å². The topological polar surface area (TPSA) is 68.7 Å². The first-order valence-electron chi connectivity index (χ1n) is 4.99. The fraction of sp³-hybridized carbons (Fsp3) is 0.455. The highest BCUT2D eigenvalue weighted by molar-refractivity contribution is 5.85. The Morgan fingerprint density at radius 1 is 1.50 bits per heavy atom. The lowest BCUT2D eigenvalue weighted by molar-refractivity contribution is 0.0689. The molecule has 1 aromatic rings. The molecule has 0 saturated carbocycles. The highest BCUT2D eigenvalue weighted by Crippen LogP contribution is 2.04. The fourth-order valence-electron chi connectivity index (χ4n) is 1.18. The van der Waals surface area contributed by atoms with Crippen molar-refractivity contribution in [1.29, 1.82) is 0 Å². The van der Waals surface area contributed by atoms with Gasteiger partial charge in [0, 0.05) is 26.5 Å². The molecule has 0 aliphatic rings. The molecule has 1 rings (SSSR count). The predicted molar refractivity (Wildman–Crippen MR) is 57.3 cm³/mol. The summed E-state index contributed by atoms with van der Waals surface area (Å²) in [6.45, 7) is 1.65. The number of pyridine rings is 1.